The Morgan fingerprint density at radius 2 is 2.31 bits per heavy atom. The van der Waals surface area contributed by atoms with E-state index in [0.29, 0.717) is 23.3 Å². The van der Waals surface area contributed by atoms with Gasteiger partial charge in [-0.1, -0.05) is 6.07 Å². The maximum Gasteiger partial charge on any atom is 0.142 e. The van der Waals surface area contributed by atoms with Gasteiger partial charge in [0, 0.05) is 17.3 Å². The van der Waals surface area contributed by atoms with Gasteiger partial charge in [0.25, 0.3) is 0 Å². The molecule has 0 aromatic heterocycles. The lowest BCUT2D eigenvalue weighted by Gasteiger charge is -2.08. The average Bonchev–Trinajstić information content (AvgIpc) is 2.16. The molecule has 0 saturated carbocycles. The summed E-state index contributed by atoms with van der Waals surface area (Å²) < 4.78 is 4.95. The van der Waals surface area contributed by atoms with Crippen molar-refractivity contribution in [1.82, 2.24) is 0 Å². The molecule has 0 heterocycles. The number of halogens is 1. The molecule has 0 bridgehead atoms. The van der Waals surface area contributed by atoms with Crippen molar-refractivity contribution in [1.29, 1.82) is 0 Å². The topological polar surface area (TPSA) is 52.3 Å². The second-order valence-electron chi connectivity index (χ2n) is 2.53. The molecule has 1 atom stereocenters. The highest BCUT2D eigenvalue weighted by molar-refractivity contribution is 6.28. The van der Waals surface area contributed by atoms with E-state index in [1.54, 1.807) is 25.3 Å². The van der Waals surface area contributed by atoms with Gasteiger partial charge in [0.15, 0.2) is 0 Å². The Morgan fingerprint density at radius 1 is 1.62 bits per heavy atom. The summed E-state index contributed by atoms with van der Waals surface area (Å²) in [5.41, 5.74) is 6.72. The number of anilines is 1. The first-order valence-corrected chi connectivity index (χ1v) is 4.15. The van der Waals surface area contributed by atoms with Gasteiger partial charge in [-0.25, -0.2) is 0 Å². The number of rotatable bonds is 3. The summed E-state index contributed by atoms with van der Waals surface area (Å²) in [6.07, 6.45) is 0.639. The van der Waals surface area contributed by atoms with Crippen molar-refractivity contribution in [2.45, 2.75) is 5.38 Å². The molecular weight excluding hydrogens is 190 g/mol. The Balaban J connectivity index is 3.04. The van der Waals surface area contributed by atoms with Gasteiger partial charge in [-0.05, 0) is 6.07 Å². The molecule has 0 radical (unpaired) electrons. The zero-order valence-electron chi connectivity index (χ0n) is 7.16. The zero-order valence-corrected chi connectivity index (χ0v) is 7.91. The molecule has 0 spiro atoms. The van der Waals surface area contributed by atoms with E-state index in [1.807, 2.05) is 0 Å². The zero-order chi connectivity index (χ0) is 9.84. The Morgan fingerprint density at radius 3 is 2.77 bits per heavy atom. The molecule has 0 saturated heterocycles. The van der Waals surface area contributed by atoms with Gasteiger partial charge < -0.3 is 15.3 Å². The first-order valence-electron chi connectivity index (χ1n) is 3.72. The SMILES string of the molecule is COc1ccc(C(Cl)C=O)c(N)c1. The largest absolute Gasteiger partial charge is 0.497 e. The van der Waals surface area contributed by atoms with Gasteiger partial charge >= 0.3 is 0 Å². The van der Waals surface area contributed by atoms with Crippen molar-refractivity contribution in [2.75, 3.05) is 12.8 Å². The molecular formula is C9H10ClNO2. The summed E-state index contributed by atoms with van der Waals surface area (Å²) in [5, 5.41) is -0.689. The van der Waals surface area contributed by atoms with Gasteiger partial charge in [-0.3, -0.25) is 0 Å². The van der Waals surface area contributed by atoms with Crippen LogP contribution in [-0.4, -0.2) is 13.4 Å². The fourth-order valence-corrected chi connectivity index (χ4v) is 1.20. The van der Waals surface area contributed by atoms with Crippen molar-refractivity contribution in [3.05, 3.63) is 23.8 Å². The Hall–Kier alpha value is -1.22. The molecule has 0 aliphatic heterocycles. The molecule has 1 aromatic rings. The lowest BCUT2D eigenvalue weighted by molar-refractivity contribution is -0.107. The van der Waals surface area contributed by atoms with Crippen LogP contribution in [-0.2, 0) is 4.79 Å². The van der Waals surface area contributed by atoms with Crippen LogP contribution in [0.25, 0.3) is 0 Å². The minimum Gasteiger partial charge on any atom is -0.497 e. The number of hydrogen-bond donors (Lipinski definition) is 1. The van der Waals surface area contributed by atoms with Crippen molar-refractivity contribution < 1.29 is 9.53 Å². The third-order valence-corrected chi connectivity index (χ3v) is 2.05. The first-order chi connectivity index (χ1) is 6.19. The molecule has 1 aromatic carbocycles. The molecule has 1 unspecified atom stereocenters. The van der Waals surface area contributed by atoms with E-state index in [4.69, 9.17) is 22.1 Å². The summed E-state index contributed by atoms with van der Waals surface area (Å²) in [5.74, 6) is 0.649. The van der Waals surface area contributed by atoms with Crippen LogP contribution in [0.4, 0.5) is 5.69 Å². The van der Waals surface area contributed by atoms with Gasteiger partial charge in [0.05, 0.1) is 7.11 Å². The summed E-state index contributed by atoms with van der Waals surface area (Å²) in [4.78, 5) is 10.4. The van der Waals surface area contributed by atoms with E-state index in [0.717, 1.165) is 0 Å². The predicted molar refractivity (Wildman–Crippen MR) is 52.1 cm³/mol. The van der Waals surface area contributed by atoms with Crippen LogP contribution in [0.1, 0.15) is 10.9 Å². The van der Waals surface area contributed by atoms with Crippen LogP contribution in [0.2, 0.25) is 0 Å². The molecule has 70 valence electrons. The predicted octanol–water partition coefficient (Wildman–Crippen LogP) is 1.76. The standard InChI is InChI=1S/C9H10ClNO2/c1-13-6-2-3-7(8(10)5-12)9(11)4-6/h2-5,8H,11H2,1H3. The van der Waals surface area contributed by atoms with Crippen LogP contribution >= 0.6 is 11.6 Å². The number of benzene rings is 1. The van der Waals surface area contributed by atoms with Gasteiger partial charge in [-0.2, -0.15) is 0 Å². The number of nitrogen functional groups attached to an aromatic ring is 1. The van der Waals surface area contributed by atoms with Crippen LogP contribution < -0.4 is 10.5 Å². The minimum absolute atomic E-state index is 0.464. The quantitative estimate of drug-likeness (QED) is 0.459. The number of carbonyl (C=O) groups excluding carboxylic acids is 1. The molecule has 0 aliphatic rings. The van der Waals surface area contributed by atoms with Crippen LogP contribution in [0.5, 0.6) is 5.75 Å². The minimum atomic E-state index is -0.689. The van der Waals surface area contributed by atoms with Gasteiger partial charge in [0.2, 0.25) is 0 Å². The maximum atomic E-state index is 10.4. The smallest absolute Gasteiger partial charge is 0.142 e. The number of ether oxygens (including phenoxy) is 1. The molecule has 1 rings (SSSR count). The normalized spacial score (nSPS) is 12.2. The van der Waals surface area contributed by atoms with E-state index >= 15 is 0 Å². The van der Waals surface area contributed by atoms with Crippen LogP contribution in [0.15, 0.2) is 18.2 Å². The monoisotopic (exact) mass is 199 g/mol. The fourth-order valence-electron chi connectivity index (χ4n) is 1.00. The summed E-state index contributed by atoms with van der Waals surface area (Å²) in [6.45, 7) is 0. The number of nitrogens with two attached hydrogens (primary N) is 1. The third kappa shape index (κ3) is 2.12. The third-order valence-electron chi connectivity index (χ3n) is 1.71. The van der Waals surface area contributed by atoms with Crippen LogP contribution in [0, 0.1) is 0 Å². The maximum absolute atomic E-state index is 10.4. The van der Waals surface area contributed by atoms with Crippen molar-refractivity contribution in [3.63, 3.8) is 0 Å². The first kappa shape index (κ1) is 9.86. The fraction of sp³-hybridized carbons (Fsp3) is 0.222. The molecule has 3 nitrogen and oxygen atoms in total. The van der Waals surface area contributed by atoms with E-state index < -0.39 is 5.38 Å². The van der Waals surface area contributed by atoms with E-state index in [1.165, 1.54) is 0 Å². The van der Waals surface area contributed by atoms with E-state index in [-0.39, 0.29) is 0 Å². The highest BCUT2D eigenvalue weighted by Gasteiger charge is 2.10. The summed E-state index contributed by atoms with van der Waals surface area (Å²) in [6, 6.07) is 5.03. The molecule has 4 heteroatoms. The van der Waals surface area contributed by atoms with Crippen molar-refractivity contribution in [3.8, 4) is 5.75 Å². The van der Waals surface area contributed by atoms with E-state index in [2.05, 4.69) is 0 Å². The Kier molecular flexibility index (Phi) is 3.14. The van der Waals surface area contributed by atoms with E-state index in [9.17, 15) is 4.79 Å². The number of alkyl halides is 1. The number of aldehydes is 1. The van der Waals surface area contributed by atoms with Gasteiger partial charge in [-0.15, -0.1) is 11.6 Å². The van der Waals surface area contributed by atoms with Gasteiger partial charge in [0.1, 0.15) is 17.4 Å². The number of carbonyl (C=O) groups is 1. The van der Waals surface area contributed by atoms with Crippen molar-refractivity contribution in [2.24, 2.45) is 0 Å². The summed E-state index contributed by atoms with van der Waals surface area (Å²) >= 11 is 5.70. The average molecular weight is 200 g/mol. The number of methoxy groups -OCH3 is 1. The molecule has 13 heavy (non-hydrogen) atoms. The second-order valence-corrected chi connectivity index (χ2v) is 3.00. The Bertz CT molecular complexity index is 314. The highest BCUT2D eigenvalue weighted by atomic mass is 35.5. The molecule has 0 fully saturated rings. The second kappa shape index (κ2) is 4.14. The van der Waals surface area contributed by atoms with Crippen molar-refractivity contribution >= 4 is 23.6 Å². The lowest BCUT2D eigenvalue weighted by atomic mass is 10.1. The highest BCUT2D eigenvalue weighted by Crippen LogP contribution is 2.27. The number of hydrogen-bond acceptors (Lipinski definition) is 3. The lowest BCUT2D eigenvalue weighted by Crippen LogP contribution is -1.98. The molecule has 2 N–H and O–H groups in total. The van der Waals surface area contributed by atoms with Crippen LogP contribution in [0.3, 0.4) is 0 Å². The molecule has 0 aliphatic carbocycles. The Labute approximate surface area is 81.4 Å². The summed E-state index contributed by atoms with van der Waals surface area (Å²) in [7, 11) is 1.55. The molecule has 0 amide bonds.